The number of unbranched alkanes of at least 4 members (excludes halogenated alkanes) is 5. The molecule has 2 heteroatoms. The standard InChI is InChI=1S/C12H25O2/c1-3-4-5-6-7-8-9-12(14)10-11(2)13/h11-13H,3-10H2,1-2H3. The highest BCUT2D eigenvalue weighted by molar-refractivity contribution is 4.59. The zero-order valence-electron chi connectivity index (χ0n) is 9.67. The molecule has 0 saturated carbocycles. The highest BCUT2D eigenvalue weighted by Crippen LogP contribution is 2.11. The monoisotopic (exact) mass is 201 g/mol. The molecular formula is C12H25O2. The molecule has 0 fully saturated rings. The second kappa shape index (κ2) is 9.47. The molecule has 0 aliphatic rings. The Hall–Kier alpha value is -0.0800. The second-order valence-electron chi connectivity index (χ2n) is 4.26. The van der Waals surface area contributed by atoms with Crippen LogP contribution in [-0.4, -0.2) is 17.3 Å². The number of hydrogen-bond acceptors (Lipinski definition) is 1. The van der Waals surface area contributed by atoms with Crippen LogP contribution in [0.5, 0.6) is 0 Å². The Balaban J connectivity index is 3.10. The van der Waals surface area contributed by atoms with Gasteiger partial charge in [0, 0.05) is 6.42 Å². The van der Waals surface area contributed by atoms with E-state index in [1.165, 1.54) is 32.1 Å². The fourth-order valence-electron chi connectivity index (χ4n) is 1.65. The summed E-state index contributed by atoms with van der Waals surface area (Å²) in [6.45, 7) is 3.89. The SMILES string of the molecule is CCCCCCCCC([O])CC(C)O. The predicted octanol–water partition coefficient (Wildman–Crippen LogP) is 3.31. The summed E-state index contributed by atoms with van der Waals surface area (Å²) in [5.74, 6) is 0. The van der Waals surface area contributed by atoms with Gasteiger partial charge in [0.15, 0.2) is 0 Å². The van der Waals surface area contributed by atoms with E-state index in [0.29, 0.717) is 6.42 Å². The van der Waals surface area contributed by atoms with Crippen molar-refractivity contribution in [1.29, 1.82) is 0 Å². The van der Waals surface area contributed by atoms with Gasteiger partial charge in [-0.15, -0.1) is 0 Å². The van der Waals surface area contributed by atoms with Crippen LogP contribution < -0.4 is 0 Å². The number of hydrogen-bond donors (Lipinski definition) is 1. The topological polar surface area (TPSA) is 40.1 Å². The molecule has 0 aromatic heterocycles. The summed E-state index contributed by atoms with van der Waals surface area (Å²) < 4.78 is 0. The van der Waals surface area contributed by atoms with Crippen molar-refractivity contribution in [3.05, 3.63) is 0 Å². The van der Waals surface area contributed by atoms with Gasteiger partial charge in [-0.3, -0.25) is 0 Å². The Kier molecular flexibility index (Phi) is 9.42. The van der Waals surface area contributed by atoms with Crippen LogP contribution in [0.15, 0.2) is 0 Å². The first-order valence-corrected chi connectivity index (χ1v) is 6.00. The Bertz CT molecular complexity index is 113. The van der Waals surface area contributed by atoms with E-state index in [1.807, 2.05) is 0 Å². The Morgan fingerprint density at radius 2 is 1.64 bits per heavy atom. The van der Waals surface area contributed by atoms with E-state index in [0.717, 1.165) is 12.8 Å². The number of rotatable bonds is 9. The molecular weight excluding hydrogens is 176 g/mol. The number of aliphatic hydroxyl groups excluding tert-OH is 1. The van der Waals surface area contributed by atoms with Crippen molar-refractivity contribution in [1.82, 2.24) is 0 Å². The normalized spacial score (nSPS) is 15.4. The van der Waals surface area contributed by atoms with Crippen molar-refractivity contribution < 1.29 is 10.2 Å². The fourth-order valence-corrected chi connectivity index (χ4v) is 1.65. The molecule has 0 aromatic rings. The molecule has 2 atom stereocenters. The molecule has 2 unspecified atom stereocenters. The van der Waals surface area contributed by atoms with Crippen LogP contribution in [0.25, 0.3) is 0 Å². The van der Waals surface area contributed by atoms with Gasteiger partial charge in [-0.25, -0.2) is 5.11 Å². The lowest BCUT2D eigenvalue weighted by molar-refractivity contribution is 0.0323. The van der Waals surface area contributed by atoms with Crippen molar-refractivity contribution >= 4 is 0 Å². The van der Waals surface area contributed by atoms with Crippen LogP contribution in [0.2, 0.25) is 0 Å². The fraction of sp³-hybridized carbons (Fsp3) is 1.00. The van der Waals surface area contributed by atoms with Crippen LogP contribution in [0, 0.1) is 0 Å². The largest absolute Gasteiger partial charge is 0.393 e. The third kappa shape index (κ3) is 10.0. The Labute approximate surface area is 88.3 Å². The van der Waals surface area contributed by atoms with Crippen molar-refractivity contribution in [2.45, 2.75) is 77.4 Å². The minimum absolute atomic E-state index is 0.412. The van der Waals surface area contributed by atoms with E-state index in [-0.39, 0.29) is 0 Å². The molecule has 0 rings (SSSR count). The molecule has 14 heavy (non-hydrogen) atoms. The molecule has 0 amide bonds. The second-order valence-corrected chi connectivity index (χ2v) is 4.26. The van der Waals surface area contributed by atoms with E-state index in [1.54, 1.807) is 6.92 Å². The number of aliphatic hydroxyl groups is 1. The molecule has 85 valence electrons. The maximum absolute atomic E-state index is 11.3. The molecule has 2 nitrogen and oxygen atoms in total. The quantitative estimate of drug-likeness (QED) is 0.571. The molecule has 0 heterocycles. The van der Waals surface area contributed by atoms with Gasteiger partial charge in [-0.1, -0.05) is 45.4 Å². The van der Waals surface area contributed by atoms with Crippen LogP contribution in [-0.2, 0) is 5.11 Å². The summed E-state index contributed by atoms with van der Waals surface area (Å²) in [5, 5.41) is 20.3. The summed E-state index contributed by atoms with van der Waals surface area (Å²) in [5.41, 5.74) is 0. The smallest absolute Gasteiger partial charge is 0.0954 e. The third-order valence-electron chi connectivity index (χ3n) is 2.48. The highest BCUT2D eigenvalue weighted by atomic mass is 16.3. The van der Waals surface area contributed by atoms with E-state index in [9.17, 15) is 5.11 Å². The molecule has 0 aliphatic carbocycles. The van der Waals surface area contributed by atoms with Crippen molar-refractivity contribution in [2.24, 2.45) is 0 Å². The van der Waals surface area contributed by atoms with Gasteiger partial charge >= 0.3 is 0 Å². The Morgan fingerprint density at radius 1 is 1.07 bits per heavy atom. The molecule has 1 radical (unpaired) electrons. The average molecular weight is 201 g/mol. The minimum Gasteiger partial charge on any atom is -0.393 e. The van der Waals surface area contributed by atoms with Gasteiger partial charge in [0.25, 0.3) is 0 Å². The lowest BCUT2D eigenvalue weighted by Gasteiger charge is -2.09. The molecule has 0 spiro atoms. The van der Waals surface area contributed by atoms with Gasteiger partial charge in [0.05, 0.1) is 12.2 Å². The summed E-state index contributed by atoms with van der Waals surface area (Å²) in [6.07, 6.45) is 7.51. The molecule has 0 saturated heterocycles. The first kappa shape index (κ1) is 13.9. The van der Waals surface area contributed by atoms with Crippen LogP contribution in [0.3, 0.4) is 0 Å². The average Bonchev–Trinajstić information content (AvgIpc) is 2.10. The van der Waals surface area contributed by atoms with Crippen LogP contribution >= 0.6 is 0 Å². The summed E-state index contributed by atoms with van der Waals surface area (Å²) >= 11 is 0. The van der Waals surface area contributed by atoms with Gasteiger partial charge in [0.1, 0.15) is 0 Å². The third-order valence-corrected chi connectivity index (χ3v) is 2.48. The molecule has 0 aliphatic heterocycles. The summed E-state index contributed by atoms with van der Waals surface area (Å²) in [6, 6.07) is 0. The zero-order valence-corrected chi connectivity index (χ0v) is 9.67. The molecule has 0 aromatic carbocycles. The molecule has 0 bridgehead atoms. The zero-order chi connectivity index (χ0) is 10.8. The van der Waals surface area contributed by atoms with E-state index in [4.69, 9.17) is 5.11 Å². The van der Waals surface area contributed by atoms with Gasteiger partial charge < -0.3 is 5.11 Å². The minimum atomic E-state index is -0.554. The van der Waals surface area contributed by atoms with Crippen molar-refractivity contribution in [3.63, 3.8) is 0 Å². The van der Waals surface area contributed by atoms with E-state index >= 15 is 0 Å². The summed E-state index contributed by atoms with van der Waals surface area (Å²) in [4.78, 5) is 0. The predicted molar refractivity (Wildman–Crippen MR) is 58.8 cm³/mol. The maximum Gasteiger partial charge on any atom is 0.0954 e. The van der Waals surface area contributed by atoms with Crippen LogP contribution in [0.4, 0.5) is 0 Å². The highest BCUT2D eigenvalue weighted by Gasteiger charge is 2.08. The van der Waals surface area contributed by atoms with Gasteiger partial charge in [-0.2, -0.15) is 0 Å². The van der Waals surface area contributed by atoms with Gasteiger partial charge in [-0.05, 0) is 13.3 Å². The maximum atomic E-state index is 11.3. The lowest BCUT2D eigenvalue weighted by atomic mass is 10.0. The van der Waals surface area contributed by atoms with Crippen molar-refractivity contribution in [3.8, 4) is 0 Å². The first-order valence-electron chi connectivity index (χ1n) is 6.00. The molecule has 1 N–H and O–H groups in total. The Morgan fingerprint density at radius 3 is 2.21 bits per heavy atom. The van der Waals surface area contributed by atoms with Gasteiger partial charge in [0.2, 0.25) is 0 Å². The first-order chi connectivity index (χ1) is 6.66. The van der Waals surface area contributed by atoms with Crippen molar-refractivity contribution in [2.75, 3.05) is 0 Å². The van der Waals surface area contributed by atoms with E-state index < -0.39 is 12.2 Å². The van der Waals surface area contributed by atoms with Crippen LogP contribution in [0.1, 0.15) is 65.2 Å². The lowest BCUT2D eigenvalue weighted by Crippen LogP contribution is -2.13. The van der Waals surface area contributed by atoms with E-state index in [2.05, 4.69) is 6.92 Å². The summed E-state index contributed by atoms with van der Waals surface area (Å²) in [7, 11) is 0.